The van der Waals surface area contributed by atoms with Crippen LogP contribution >= 0.6 is 11.3 Å². The third kappa shape index (κ3) is 3.10. The molecule has 0 aliphatic rings. The molecule has 0 saturated heterocycles. The molecule has 21 heavy (non-hydrogen) atoms. The highest BCUT2D eigenvalue weighted by molar-refractivity contribution is 7.94. The highest BCUT2D eigenvalue weighted by Crippen LogP contribution is 2.35. The minimum Gasteiger partial charge on any atom is -0.385 e. The lowest BCUT2D eigenvalue weighted by Gasteiger charge is -2.05. The molecule has 0 aliphatic heterocycles. The van der Waals surface area contributed by atoms with Crippen LogP contribution < -0.4 is 10.5 Å². The summed E-state index contributed by atoms with van der Waals surface area (Å²) in [5.41, 5.74) is 5.60. The Bertz CT molecular complexity index is 834. The van der Waals surface area contributed by atoms with Gasteiger partial charge in [-0.2, -0.15) is 5.26 Å². The lowest BCUT2D eigenvalue weighted by Crippen LogP contribution is -2.11. The van der Waals surface area contributed by atoms with Crippen molar-refractivity contribution in [3.63, 3.8) is 0 Å². The summed E-state index contributed by atoms with van der Waals surface area (Å²) in [5, 5.41) is 19.2. The van der Waals surface area contributed by atoms with Gasteiger partial charge in [0.25, 0.3) is 10.0 Å². The van der Waals surface area contributed by atoms with Gasteiger partial charge in [0.2, 0.25) is 0 Å². The van der Waals surface area contributed by atoms with E-state index in [1.807, 2.05) is 6.07 Å². The van der Waals surface area contributed by atoms with E-state index < -0.39 is 20.6 Å². The molecule has 3 N–H and O–H groups in total. The van der Waals surface area contributed by atoms with Gasteiger partial charge in [-0.25, -0.2) is 8.42 Å². The fourth-order valence-electron chi connectivity index (χ4n) is 1.47. The normalized spacial score (nSPS) is 10.8. The van der Waals surface area contributed by atoms with Crippen LogP contribution in [0, 0.1) is 21.4 Å². The monoisotopic (exact) mass is 324 g/mol. The average Bonchev–Trinajstić information content (AvgIpc) is 2.82. The van der Waals surface area contributed by atoms with Crippen LogP contribution in [0.25, 0.3) is 0 Å². The largest absolute Gasteiger partial charge is 0.385 e. The maximum Gasteiger partial charge on any atom is 0.304 e. The summed E-state index contributed by atoms with van der Waals surface area (Å²) >= 11 is 0.610. The molecule has 2 aromatic rings. The fraction of sp³-hybridized carbons (Fsp3) is 0. The lowest BCUT2D eigenvalue weighted by molar-refractivity contribution is -0.383. The summed E-state index contributed by atoms with van der Waals surface area (Å²) in [6.45, 7) is 0. The summed E-state index contributed by atoms with van der Waals surface area (Å²) in [4.78, 5) is 9.93. The van der Waals surface area contributed by atoms with E-state index in [1.165, 1.54) is 24.3 Å². The minimum absolute atomic E-state index is 0.180. The van der Waals surface area contributed by atoms with Crippen molar-refractivity contribution in [3.05, 3.63) is 46.0 Å². The van der Waals surface area contributed by atoms with Crippen molar-refractivity contribution in [2.24, 2.45) is 0 Å². The minimum atomic E-state index is -3.97. The Kier molecular flexibility index (Phi) is 3.79. The fourth-order valence-corrected chi connectivity index (χ4v) is 3.74. The molecule has 1 aromatic carbocycles. The van der Waals surface area contributed by atoms with Crippen molar-refractivity contribution in [3.8, 4) is 6.07 Å². The second-order valence-electron chi connectivity index (χ2n) is 3.87. The number of thiophene rings is 1. The number of sulfonamides is 1. The summed E-state index contributed by atoms with van der Waals surface area (Å²) in [6, 6.07) is 8.55. The van der Waals surface area contributed by atoms with Gasteiger partial charge in [-0.15, -0.1) is 0 Å². The number of nitrogens with one attached hydrogen (secondary N) is 1. The number of nitro groups is 1. The Hall–Kier alpha value is -2.64. The number of rotatable bonds is 4. The van der Waals surface area contributed by atoms with E-state index in [-0.39, 0.29) is 14.9 Å². The van der Waals surface area contributed by atoms with Crippen LogP contribution in [0.3, 0.4) is 0 Å². The first-order chi connectivity index (χ1) is 9.83. The van der Waals surface area contributed by atoms with E-state index in [2.05, 4.69) is 4.72 Å². The van der Waals surface area contributed by atoms with Crippen molar-refractivity contribution in [1.29, 1.82) is 5.26 Å². The zero-order valence-corrected chi connectivity index (χ0v) is 11.9. The lowest BCUT2D eigenvalue weighted by atomic mass is 10.2. The van der Waals surface area contributed by atoms with Gasteiger partial charge >= 0.3 is 5.69 Å². The molecule has 1 heterocycles. The topological polar surface area (TPSA) is 139 Å². The molecular formula is C11H8N4O4S2. The number of nitrogens with zero attached hydrogens (tertiary/aromatic N) is 2. The van der Waals surface area contributed by atoms with Gasteiger partial charge in [0.15, 0.2) is 5.00 Å². The number of hydrogen-bond acceptors (Lipinski definition) is 7. The second-order valence-corrected chi connectivity index (χ2v) is 6.86. The van der Waals surface area contributed by atoms with Gasteiger partial charge in [-0.05, 0) is 24.3 Å². The van der Waals surface area contributed by atoms with Crippen molar-refractivity contribution < 1.29 is 13.3 Å². The third-order valence-corrected chi connectivity index (χ3v) is 5.25. The van der Waals surface area contributed by atoms with Crippen LogP contribution in [-0.4, -0.2) is 13.3 Å². The molecule has 1 aromatic heterocycles. The van der Waals surface area contributed by atoms with Crippen LogP contribution in [0.2, 0.25) is 0 Å². The number of nitrogens with two attached hydrogens (primary N) is 1. The first kappa shape index (κ1) is 14.8. The van der Waals surface area contributed by atoms with E-state index in [0.29, 0.717) is 16.9 Å². The van der Waals surface area contributed by atoms with Crippen molar-refractivity contribution in [2.75, 3.05) is 10.5 Å². The van der Waals surface area contributed by atoms with Crippen molar-refractivity contribution in [2.45, 2.75) is 4.21 Å². The molecule has 0 amide bonds. The van der Waals surface area contributed by atoms with Gasteiger partial charge < -0.3 is 5.73 Å². The van der Waals surface area contributed by atoms with E-state index in [0.717, 1.165) is 6.07 Å². The molecular weight excluding hydrogens is 316 g/mol. The molecule has 108 valence electrons. The molecule has 0 radical (unpaired) electrons. The van der Waals surface area contributed by atoms with Gasteiger partial charge in [0.1, 0.15) is 4.21 Å². The van der Waals surface area contributed by atoms with Crippen LogP contribution in [0.15, 0.2) is 34.5 Å². The maximum absolute atomic E-state index is 12.1. The molecule has 0 aliphatic carbocycles. The predicted octanol–water partition coefficient (Wildman–Crippen LogP) is 1.91. The van der Waals surface area contributed by atoms with Crippen molar-refractivity contribution >= 4 is 37.7 Å². The van der Waals surface area contributed by atoms with Crippen LogP contribution in [0.4, 0.5) is 16.4 Å². The Balaban J connectivity index is 2.31. The Morgan fingerprint density at radius 2 is 1.95 bits per heavy atom. The van der Waals surface area contributed by atoms with Gasteiger partial charge in [0, 0.05) is 11.8 Å². The number of hydrogen-bond donors (Lipinski definition) is 2. The second kappa shape index (κ2) is 5.39. The molecule has 8 nitrogen and oxygen atoms in total. The van der Waals surface area contributed by atoms with Crippen LogP contribution in [0.1, 0.15) is 5.56 Å². The number of benzene rings is 1. The molecule has 10 heteroatoms. The van der Waals surface area contributed by atoms with E-state index in [1.54, 1.807) is 0 Å². The molecule has 0 saturated carbocycles. The third-order valence-electron chi connectivity index (χ3n) is 2.45. The molecule has 0 unspecified atom stereocenters. The molecule has 0 fully saturated rings. The number of anilines is 2. The highest BCUT2D eigenvalue weighted by Gasteiger charge is 2.24. The first-order valence-electron chi connectivity index (χ1n) is 5.40. The SMILES string of the molecule is N#Cc1ccc(NS(=O)(=O)c2cc([N+](=O)[O-])c(N)s2)cc1. The smallest absolute Gasteiger partial charge is 0.304 e. The first-order valence-corrected chi connectivity index (χ1v) is 7.70. The zero-order chi connectivity index (χ0) is 15.6. The molecule has 0 bridgehead atoms. The summed E-state index contributed by atoms with van der Waals surface area (Å²) in [5.74, 6) is 0. The number of nitrogen functional groups attached to an aromatic ring is 1. The summed E-state index contributed by atoms with van der Waals surface area (Å²) in [7, 11) is -3.97. The summed E-state index contributed by atoms with van der Waals surface area (Å²) in [6.07, 6.45) is 0. The molecule has 2 rings (SSSR count). The highest BCUT2D eigenvalue weighted by atomic mass is 32.2. The molecule has 0 atom stereocenters. The average molecular weight is 324 g/mol. The Morgan fingerprint density at radius 1 is 1.33 bits per heavy atom. The molecule has 0 spiro atoms. The number of nitriles is 1. The van der Waals surface area contributed by atoms with Crippen LogP contribution in [-0.2, 0) is 10.0 Å². The Morgan fingerprint density at radius 3 is 2.43 bits per heavy atom. The standard InChI is InChI=1S/C11H8N4O4S2/c12-6-7-1-3-8(4-2-7)14-21(18,19)10-5-9(15(16)17)11(13)20-10/h1-5,14H,13H2. The Labute approximate surface area is 123 Å². The maximum atomic E-state index is 12.1. The van der Waals surface area contributed by atoms with E-state index in [9.17, 15) is 18.5 Å². The van der Waals surface area contributed by atoms with Gasteiger partial charge in [-0.3, -0.25) is 14.8 Å². The van der Waals surface area contributed by atoms with E-state index >= 15 is 0 Å². The van der Waals surface area contributed by atoms with Crippen molar-refractivity contribution in [1.82, 2.24) is 0 Å². The predicted molar refractivity (Wildman–Crippen MR) is 77.4 cm³/mol. The quantitative estimate of drug-likeness (QED) is 0.650. The summed E-state index contributed by atoms with van der Waals surface area (Å²) < 4.78 is 26.2. The zero-order valence-electron chi connectivity index (χ0n) is 10.3. The van der Waals surface area contributed by atoms with Gasteiger partial charge in [0.05, 0.1) is 16.6 Å². The van der Waals surface area contributed by atoms with E-state index in [4.69, 9.17) is 11.0 Å². The van der Waals surface area contributed by atoms with Crippen LogP contribution in [0.5, 0.6) is 0 Å². The van der Waals surface area contributed by atoms with Gasteiger partial charge in [-0.1, -0.05) is 11.3 Å².